The summed E-state index contributed by atoms with van der Waals surface area (Å²) >= 11 is 0. The van der Waals surface area contributed by atoms with Crippen LogP contribution in [0.1, 0.15) is 29.6 Å². The molecule has 0 aromatic carbocycles. The van der Waals surface area contributed by atoms with E-state index in [1.54, 1.807) is 24.5 Å². The van der Waals surface area contributed by atoms with E-state index in [1.807, 2.05) is 4.90 Å². The maximum atomic E-state index is 12.4. The molecule has 3 rings (SSSR count). The van der Waals surface area contributed by atoms with Crippen LogP contribution in [-0.2, 0) is 4.74 Å². The van der Waals surface area contributed by atoms with E-state index in [1.165, 1.54) is 0 Å². The minimum Gasteiger partial charge on any atom is -0.389 e. The van der Waals surface area contributed by atoms with Crippen LogP contribution in [0.15, 0.2) is 24.5 Å². The number of piperidine rings is 1. The zero-order valence-corrected chi connectivity index (χ0v) is 12.6. The lowest BCUT2D eigenvalue weighted by molar-refractivity contribution is -0.0319. The highest BCUT2D eigenvalue weighted by atomic mass is 16.5. The van der Waals surface area contributed by atoms with Crippen molar-refractivity contribution in [2.75, 3.05) is 26.3 Å². The predicted molar refractivity (Wildman–Crippen MR) is 81.5 cm³/mol. The minimum absolute atomic E-state index is 0.0534. The molecule has 0 saturated carbocycles. The first-order valence-electron chi connectivity index (χ1n) is 7.95. The largest absolute Gasteiger partial charge is 0.389 e. The number of hydrogen-bond donors (Lipinski definition) is 2. The maximum Gasteiger partial charge on any atom is 0.255 e. The van der Waals surface area contributed by atoms with Gasteiger partial charge in [0.2, 0.25) is 0 Å². The number of hydrogen-bond acceptors (Lipinski definition) is 5. The summed E-state index contributed by atoms with van der Waals surface area (Å²) in [5.41, 5.74) is 0.647. The summed E-state index contributed by atoms with van der Waals surface area (Å²) in [5.74, 6) is 0.0534. The quantitative estimate of drug-likeness (QED) is 0.847. The van der Waals surface area contributed by atoms with Crippen LogP contribution in [0, 0.1) is 0 Å². The zero-order chi connectivity index (χ0) is 15.4. The third kappa shape index (κ3) is 3.63. The normalized spacial score (nSPS) is 26.9. The van der Waals surface area contributed by atoms with Gasteiger partial charge in [-0.1, -0.05) is 0 Å². The van der Waals surface area contributed by atoms with Gasteiger partial charge in [0.25, 0.3) is 5.91 Å². The molecule has 1 amide bonds. The van der Waals surface area contributed by atoms with Gasteiger partial charge in [0.15, 0.2) is 0 Å². The molecular weight excluding hydrogens is 282 g/mol. The summed E-state index contributed by atoms with van der Waals surface area (Å²) in [6.07, 6.45) is 5.53. The highest BCUT2D eigenvalue weighted by molar-refractivity contribution is 5.93. The van der Waals surface area contributed by atoms with Crippen molar-refractivity contribution in [1.29, 1.82) is 0 Å². The van der Waals surface area contributed by atoms with Crippen molar-refractivity contribution in [1.82, 2.24) is 15.2 Å². The molecule has 2 fully saturated rings. The predicted octanol–water partition coefficient (Wildman–Crippen LogP) is 0.426. The number of carbonyl (C=O) groups excluding carboxylic acids is 1. The SMILES string of the molecule is O=C(c1cccnc1)N1CCC(N[C@@H]2CCOC[C@H]2O)CC1. The van der Waals surface area contributed by atoms with Gasteiger partial charge in [0.05, 0.1) is 18.3 Å². The number of pyridine rings is 1. The van der Waals surface area contributed by atoms with E-state index in [0.29, 0.717) is 24.8 Å². The molecule has 22 heavy (non-hydrogen) atoms. The van der Waals surface area contributed by atoms with Gasteiger partial charge in [-0.25, -0.2) is 0 Å². The lowest BCUT2D eigenvalue weighted by atomic mass is 9.99. The Morgan fingerprint density at radius 1 is 1.36 bits per heavy atom. The van der Waals surface area contributed by atoms with Crippen molar-refractivity contribution in [3.8, 4) is 0 Å². The van der Waals surface area contributed by atoms with Gasteiger partial charge in [-0.05, 0) is 31.4 Å². The van der Waals surface area contributed by atoms with Gasteiger partial charge in [0.1, 0.15) is 0 Å². The molecule has 0 bridgehead atoms. The van der Waals surface area contributed by atoms with Crippen LogP contribution >= 0.6 is 0 Å². The van der Waals surface area contributed by atoms with E-state index >= 15 is 0 Å². The highest BCUT2D eigenvalue weighted by Crippen LogP contribution is 2.16. The van der Waals surface area contributed by atoms with Crippen LogP contribution in [0.3, 0.4) is 0 Å². The molecule has 0 spiro atoms. The van der Waals surface area contributed by atoms with Gasteiger partial charge in [-0.3, -0.25) is 9.78 Å². The standard InChI is InChI=1S/C16H23N3O3/c20-15-11-22-9-5-14(15)18-13-3-7-19(8-4-13)16(21)12-2-1-6-17-10-12/h1-2,6,10,13-15,18,20H,3-5,7-9,11H2/t14-,15-/m1/s1. The van der Waals surface area contributed by atoms with E-state index in [-0.39, 0.29) is 11.9 Å². The Morgan fingerprint density at radius 2 is 2.18 bits per heavy atom. The Labute approximate surface area is 130 Å². The molecule has 6 heteroatoms. The number of rotatable bonds is 3. The number of carbonyl (C=O) groups is 1. The number of amides is 1. The Morgan fingerprint density at radius 3 is 2.86 bits per heavy atom. The van der Waals surface area contributed by atoms with Crippen molar-refractivity contribution in [3.63, 3.8) is 0 Å². The lowest BCUT2D eigenvalue weighted by Crippen LogP contribution is -2.53. The van der Waals surface area contributed by atoms with Crippen LogP contribution in [0.4, 0.5) is 0 Å². The van der Waals surface area contributed by atoms with E-state index in [0.717, 1.165) is 32.4 Å². The third-order valence-corrected chi connectivity index (χ3v) is 4.47. The number of ether oxygens (including phenoxy) is 1. The molecule has 2 aliphatic heterocycles. The van der Waals surface area contributed by atoms with Crippen molar-refractivity contribution < 1.29 is 14.6 Å². The van der Waals surface area contributed by atoms with Crippen LogP contribution in [0.5, 0.6) is 0 Å². The average molecular weight is 305 g/mol. The lowest BCUT2D eigenvalue weighted by Gasteiger charge is -2.37. The minimum atomic E-state index is -0.427. The fraction of sp³-hybridized carbons (Fsp3) is 0.625. The average Bonchev–Trinajstić information content (AvgIpc) is 2.58. The van der Waals surface area contributed by atoms with Crippen molar-refractivity contribution >= 4 is 5.91 Å². The Kier molecular flexibility index (Phi) is 5.02. The Bertz CT molecular complexity index is 489. The van der Waals surface area contributed by atoms with Gasteiger partial charge >= 0.3 is 0 Å². The highest BCUT2D eigenvalue weighted by Gasteiger charge is 2.29. The number of nitrogens with zero attached hydrogens (tertiary/aromatic N) is 2. The monoisotopic (exact) mass is 305 g/mol. The Hall–Kier alpha value is -1.50. The van der Waals surface area contributed by atoms with Crippen molar-refractivity contribution in [2.45, 2.75) is 37.5 Å². The fourth-order valence-electron chi connectivity index (χ4n) is 3.14. The molecule has 3 heterocycles. The van der Waals surface area contributed by atoms with Gasteiger partial charge in [0, 0.05) is 44.2 Å². The number of aromatic nitrogens is 1. The first kappa shape index (κ1) is 15.4. The molecule has 0 unspecified atom stereocenters. The van der Waals surface area contributed by atoms with Crippen LogP contribution in [0.2, 0.25) is 0 Å². The second-order valence-electron chi connectivity index (χ2n) is 6.01. The van der Waals surface area contributed by atoms with Gasteiger partial charge in [-0.2, -0.15) is 0 Å². The molecule has 120 valence electrons. The summed E-state index contributed by atoms with van der Waals surface area (Å²) in [4.78, 5) is 18.2. The fourth-order valence-corrected chi connectivity index (χ4v) is 3.14. The molecule has 2 N–H and O–H groups in total. The smallest absolute Gasteiger partial charge is 0.255 e. The van der Waals surface area contributed by atoms with Crippen molar-refractivity contribution in [3.05, 3.63) is 30.1 Å². The third-order valence-electron chi connectivity index (χ3n) is 4.47. The summed E-state index contributed by atoms with van der Waals surface area (Å²) in [7, 11) is 0. The molecule has 0 radical (unpaired) electrons. The van der Waals surface area contributed by atoms with Crippen LogP contribution in [0.25, 0.3) is 0 Å². The topological polar surface area (TPSA) is 74.7 Å². The van der Waals surface area contributed by atoms with E-state index in [2.05, 4.69) is 10.3 Å². The van der Waals surface area contributed by atoms with E-state index < -0.39 is 6.10 Å². The molecule has 1 aromatic rings. The van der Waals surface area contributed by atoms with Crippen molar-refractivity contribution in [2.24, 2.45) is 0 Å². The van der Waals surface area contributed by atoms with Crippen LogP contribution in [-0.4, -0.2) is 65.4 Å². The molecule has 0 aliphatic carbocycles. The molecule has 2 aliphatic rings. The zero-order valence-electron chi connectivity index (χ0n) is 12.6. The molecular formula is C16H23N3O3. The number of nitrogens with one attached hydrogen (secondary N) is 1. The number of aliphatic hydroxyl groups is 1. The first-order chi connectivity index (χ1) is 10.7. The van der Waals surface area contributed by atoms with Crippen LogP contribution < -0.4 is 5.32 Å². The molecule has 6 nitrogen and oxygen atoms in total. The Balaban J connectivity index is 1.49. The molecule has 2 atom stereocenters. The van der Waals surface area contributed by atoms with Gasteiger partial charge < -0.3 is 20.1 Å². The second kappa shape index (κ2) is 7.17. The van der Waals surface area contributed by atoms with E-state index in [4.69, 9.17) is 4.74 Å². The summed E-state index contributed by atoms with van der Waals surface area (Å²) in [6, 6.07) is 4.06. The molecule has 2 saturated heterocycles. The summed E-state index contributed by atoms with van der Waals surface area (Å²) < 4.78 is 5.25. The molecule has 1 aromatic heterocycles. The number of aliphatic hydroxyl groups excluding tert-OH is 1. The number of likely N-dealkylation sites (tertiary alicyclic amines) is 1. The second-order valence-corrected chi connectivity index (χ2v) is 6.01. The van der Waals surface area contributed by atoms with Gasteiger partial charge in [-0.15, -0.1) is 0 Å². The summed E-state index contributed by atoms with van der Waals surface area (Å²) in [5, 5.41) is 13.5. The first-order valence-corrected chi connectivity index (χ1v) is 7.95. The van der Waals surface area contributed by atoms with E-state index in [9.17, 15) is 9.90 Å². The maximum absolute atomic E-state index is 12.4. The summed E-state index contributed by atoms with van der Waals surface area (Å²) in [6.45, 7) is 2.60.